The molecule has 14 heavy (non-hydrogen) atoms. The second-order valence-electron chi connectivity index (χ2n) is 3.69. The molecule has 0 bridgehead atoms. The van der Waals surface area contributed by atoms with Crippen molar-refractivity contribution in [3.8, 4) is 0 Å². The number of ether oxygens (including phenoxy) is 2. The lowest BCUT2D eigenvalue weighted by molar-refractivity contribution is -0.151. The van der Waals surface area contributed by atoms with Gasteiger partial charge in [0.05, 0.1) is 6.61 Å². The molecule has 0 aromatic heterocycles. The molecular weight excluding hydrogens is 204 g/mol. The lowest BCUT2D eigenvalue weighted by Crippen LogP contribution is -2.23. The van der Waals surface area contributed by atoms with E-state index in [4.69, 9.17) is 14.6 Å². The van der Waals surface area contributed by atoms with Crippen LogP contribution in [-0.4, -0.2) is 41.6 Å². The maximum Gasteiger partial charge on any atom is 0.335 e. The molecule has 0 saturated carbocycles. The van der Waals surface area contributed by atoms with E-state index < -0.39 is 12.1 Å². The van der Waals surface area contributed by atoms with Crippen molar-refractivity contribution in [3.63, 3.8) is 0 Å². The van der Waals surface area contributed by atoms with Gasteiger partial charge in [-0.05, 0) is 23.8 Å². The Morgan fingerprint density at radius 1 is 1.57 bits per heavy atom. The fourth-order valence-electron chi connectivity index (χ4n) is 1.75. The van der Waals surface area contributed by atoms with Gasteiger partial charge in [-0.25, -0.2) is 4.79 Å². The van der Waals surface area contributed by atoms with Crippen LogP contribution >= 0.6 is 11.8 Å². The fraction of sp³-hybridized carbons (Fsp3) is 0.889. The number of carboxylic acid groups (broad SMARTS) is 1. The summed E-state index contributed by atoms with van der Waals surface area (Å²) < 4.78 is 10.5. The molecule has 0 aliphatic carbocycles. The largest absolute Gasteiger partial charge is 0.479 e. The Bertz CT molecular complexity index is 215. The van der Waals surface area contributed by atoms with Gasteiger partial charge in [0.15, 0.2) is 12.4 Å². The van der Waals surface area contributed by atoms with Gasteiger partial charge in [0.25, 0.3) is 0 Å². The Balaban J connectivity index is 1.75. The van der Waals surface area contributed by atoms with Gasteiger partial charge < -0.3 is 14.6 Å². The highest BCUT2D eigenvalue weighted by Crippen LogP contribution is 2.29. The molecule has 0 amide bonds. The average molecular weight is 218 g/mol. The first-order valence-electron chi connectivity index (χ1n) is 4.83. The van der Waals surface area contributed by atoms with Crippen LogP contribution in [0.15, 0.2) is 0 Å². The first-order chi connectivity index (χ1) is 6.75. The highest BCUT2D eigenvalue weighted by atomic mass is 32.2. The van der Waals surface area contributed by atoms with Gasteiger partial charge >= 0.3 is 5.97 Å². The summed E-state index contributed by atoms with van der Waals surface area (Å²) >= 11 is 1.95. The third kappa shape index (κ3) is 2.40. The summed E-state index contributed by atoms with van der Waals surface area (Å²) in [7, 11) is 0. The molecule has 2 fully saturated rings. The van der Waals surface area contributed by atoms with E-state index in [0.29, 0.717) is 5.92 Å². The fourth-order valence-corrected chi connectivity index (χ4v) is 3.05. The molecule has 5 heteroatoms. The van der Waals surface area contributed by atoms with Crippen LogP contribution in [0.2, 0.25) is 0 Å². The van der Waals surface area contributed by atoms with Crippen molar-refractivity contribution >= 4 is 17.7 Å². The van der Waals surface area contributed by atoms with Crippen molar-refractivity contribution < 1.29 is 19.4 Å². The monoisotopic (exact) mass is 218 g/mol. The molecule has 80 valence electrons. The number of hydrogen-bond acceptors (Lipinski definition) is 4. The lowest BCUT2D eigenvalue weighted by Gasteiger charge is -2.13. The van der Waals surface area contributed by atoms with Crippen molar-refractivity contribution in [1.29, 1.82) is 0 Å². The molecule has 0 spiro atoms. The summed E-state index contributed by atoms with van der Waals surface area (Å²) in [5.41, 5.74) is 0. The van der Waals surface area contributed by atoms with Crippen molar-refractivity contribution in [2.75, 3.05) is 18.1 Å². The molecule has 0 radical (unpaired) electrons. The highest BCUT2D eigenvalue weighted by Gasteiger charge is 2.33. The second kappa shape index (κ2) is 4.51. The zero-order valence-electron chi connectivity index (χ0n) is 7.85. The normalized spacial score (nSPS) is 37.6. The van der Waals surface area contributed by atoms with Crippen molar-refractivity contribution in [2.24, 2.45) is 5.92 Å². The molecule has 3 unspecified atom stereocenters. The summed E-state index contributed by atoms with van der Waals surface area (Å²) in [5.74, 6) is 2.08. The third-order valence-electron chi connectivity index (χ3n) is 2.57. The maximum atomic E-state index is 10.6. The van der Waals surface area contributed by atoms with E-state index in [1.807, 2.05) is 11.8 Å². The van der Waals surface area contributed by atoms with Gasteiger partial charge in [-0.3, -0.25) is 0 Å². The number of carboxylic acids is 1. The predicted octanol–water partition coefficient (Wildman–Crippen LogP) is 0.956. The van der Waals surface area contributed by atoms with Gasteiger partial charge in [-0.15, -0.1) is 0 Å². The third-order valence-corrected chi connectivity index (χ3v) is 3.81. The van der Waals surface area contributed by atoms with Gasteiger partial charge in [0.1, 0.15) is 0 Å². The quantitative estimate of drug-likeness (QED) is 0.764. The number of carbonyl (C=O) groups is 1. The summed E-state index contributed by atoms with van der Waals surface area (Å²) in [6.07, 6.45) is 0.997. The molecule has 2 aliphatic heterocycles. The van der Waals surface area contributed by atoms with Gasteiger partial charge in [0, 0.05) is 6.42 Å². The average Bonchev–Trinajstić information content (AvgIpc) is 2.75. The number of hydrogen-bond donors (Lipinski definition) is 1. The van der Waals surface area contributed by atoms with E-state index >= 15 is 0 Å². The molecule has 3 atom stereocenters. The summed E-state index contributed by atoms with van der Waals surface area (Å²) in [4.78, 5) is 10.6. The van der Waals surface area contributed by atoms with Crippen LogP contribution in [0, 0.1) is 5.92 Å². The molecule has 2 heterocycles. The van der Waals surface area contributed by atoms with Crippen molar-refractivity contribution in [3.05, 3.63) is 0 Å². The number of thioether (sulfide) groups is 1. The molecule has 4 nitrogen and oxygen atoms in total. The minimum Gasteiger partial charge on any atom is -0.479 e. The number of rotatable bonds is 3. The standard InChI is InChI=1S/C9H14O4S/c10-9(11)7-4-12-8(13-7)3-6-1-2-14-5-6/h6-8H,1-5H2,(H,10,11). The van der Waals surface area contributed by atoms with Crippen LogP contribution in [0.25, 0.3) is 0 Å². The van der Waals surface area contributed by atoms with E-state index in [2.05, 4.69) is 0 Å². The first kappa shape index (κ1) is 10.3. The van der Waals surface area contributed by atoms with E-state index in [1.165, 1.54) is 12.2 Å². The maximum absolute atomic E-state index is 10.6. The zero-order chi connectivity index (χ0) is 9.97. The van der Waals surface area contributed by atoms with Gasteiger partial charge in [-0.1, -0.05) is 0 Å². The molecule has 1 N–H and O–H groups in total. The van der Waals surface area contributed by atoms with E-state index in [9.17, 15) is 4.79 Å². The minimum absolute atomic E-state index is 0.194. The molecule has 2 saturated heterocycles. The first-order valence-corrected chi connectivity index (χ1v) is 5.99. The molecule has 2 aliphatic rings. The Kier molecular flexibility index (Phi) is 3.30. The minimum atomic E-state index is -0.923. The van der Waals surface area contributed by atoms with Gasteiger partial charge in [0.2, 0.25) is 0 Å². The SMILES string of the molecule is O=C(O)C1COC(CC2CCSC2)O1. The Hall–Kier alpha value is -0.260. The van der Waals surface area contributed by atoms with Crippen LogP contribution in [0.3, 0.4) is 0 Å². The van der Waals surface area contributed by atoms with Gasteiger partial charge in [-0.2, -0.15) is 11.8 Å². The topological polar surface area (TPSA) is 55.8 Å². The molecule has 2 rings (SSSR count). The smallest absolute Gasteiger partial charge is 0.335 e. The zero-order valence-corrected chi connectivity index (χ0v) is 8.66. The predicted molar refractivity (Wildman–Crippen MR) is 52.3 cm³/mol. The van der Waals surface area contributed by atoms with Crippen LogP contribution < -0.4 is 0 Å². The second-order valence-corrected chi connectivity index (χ2v) is 4.84. The number of aliphatic carboxylic acids is 1. The summed E-state index contributed by atoms with van der Waals surface area (Å²) in [5, 5.41) is 8.68. The van der Waals surface area contributed by atoms with E-state index in [1.54, 1.807) is 0 Å². The lowest BCUT2D eigenvalue weighted by atomic mass is 10.1. The van der Waals surface area contributed by atoms with E-state index in [0.717, 1.165) is 12.2 Å². The van der Waals surface area contributed by atoms with Crippen LogP contribution in [0.1, 0.15) is 12.8 Å². The summed E-state index contributed by atoms with van der Waals surface area (Å²) in [6, 6.07) is 0. The molecule has 0 aromatic rings. The Morgan fingerprint density at radius 3 is 3.00 bits per heavy atom. The van der Waals surface area contributed by atoms with Crippen molar-refractivity contribution in [1.82, 2.24) is 0 Å². The van der Waals surface area contributed by atoms with E-state index in [-0.39, 0.29) is 12.9 Å². The van der Waals surface area contributed by atoms with Crippen molar-refractivity contribution in [2.45, 2.75) is 25.2 Å². The van der Waals surface area contributed by atoms with Crippen LogP contribution in [-0.2, 0) is 14.3 Å². The summed E-state index contributed by atoms with van der Waals surface area (Å²) in [6.45, 7) is 0.194. The van der Waals surface area contributed by atoms with Crippen LogP contribution in [0.5, 0.6) is 0 Å². The van der Waals surface area contributed by atoms with Crippen LogP contribution in [0.4, 0.5) is 0 Å². The Labute approximate surface area is 87.0 Å². The molecule has 0 aromatic carbocycles. The molecular formula is C9H14O4S. The highest BCUT2D eigenvalue weighted by molar-refractivity contribution is 7.99. The Morgan fingerprint density at radius 2 is 2.43 bits per heavy atom.